The molecule has 3 N–H and O–H groups in total. The zero-order valence-electron chi connectivity index (χ0n) is 43.6. The molecule has 0 aromatic rings. The predicted octanol–water partition coefficient (Wildman–Crippen LogP) is 20.1. The van der Waals surface area contributed by atoms with Crippen LogP contribution in [0, 0.1) is 0 Å². The molecule has 380 valence electrons. The highest BCUT2D eigenvalue weighted by Crippen LogP contribution is 2.13. The van der Waals surface area contributed by atoms with E-state index in [9.17, 15) is 14.4 Å². The molecule has 0 aliphatic carbocycles. The molecule has 0 atom stereocenters. The van der Waals surface area contributed by atoms with Crippen LogP contribution in [-0.2, 0) is 14.4 Å². The quantitative estimate of drug-likeness (QED) is 0.0414. The van der Waals surface area contributed by atoms with Crippen molar-refractivity contribution in [2.24, 2.45) is 0 Å². The van der Waals surface area contributed by atoms with Crippen molar-refractivity contribution >= 4 is 17.9 Å². The van der Waals surface area contributed by atoms with Gasteiger partial charge in [0.2, 0.25) is 0 Å². The molecule has 0 fully saturated rings. The van der Waals surface area contributed by atoms with E-state index >= 15 is 0 Å². The second kappa shape index (κ2) is 67.2. The van der Waals surface area contributed by atoms with Gasteiger partial charge in [0.05, 0.1) is 0 Å². The van der Waals surface area contributed by atoms with E-state index in [1.807, 2.05) is 0 Å². The summed E-state index contributed by atoms with van der Waals surface area (Å²) < 4.78 is 0. The van der Waals surface area contributed by atoms with Crippen LogP contribution in [0.25, 0.3) is 0 Å². The summed E-state index contributed by atoms with van der Waals surface area (Å²) in [5, 5.41) is 25.5. The standard InChI is InChI=1S/3C18H34O2.C4H10/c3*1-2-3-4-5-6-7-8-9-10-11-12-13-14-15-16-17-18(19)20;1-3-4-2/h3*9-10H,2-8,11-17H2,1H3,(H,19,20);3-4H2,1-2H3/b3*10-9-;. The normalized spacial score (nSPS) is 11.0. The number of hydrogen-bond donors (Lipinski definition) is 3. The van der Waals surface area contributed by atoms with E-state index in [-0.39, 0.29) is 0 Å². The highest BCUT2D eigenvalue weighted by molar-refractivity contribution is 5.67. The summed E-state index contributed by atoms with van der Waals surface area (Å²) >= 11 is 0. The first-order valence-electron chi connectivity index (χ1n) is 27.8. The number of allylic oxidation sites excluding steroid dienone is 6. The third kappa shape index (κ3) is 83.2. The van der Waals surface area contributed by atoms with Crippen LogP contribution in [0.2, 0.25) is 0 Å². The fourth-order valence-corrected chi connectivity index (χ4v) is 7.04. The number of aliphatic carboxylic acids is 3. The highest BCUT2D eigenvalue weighted by atomic mass is 16.4. The molecular formula is C58H112O6. The second-order valence-corrected chi connectivity index (χ2v) is 18.2. The molecule has 0 unspecified atom stereocenters. The fourth-order valence-electron chi connectivity index (χ4n) is 7.04. The van der Waals surface area contributed by atoms with Gasteiger partial charge in [-0.1, -0.05) is 238 Å². The largest absolute Gasteiger partial charge is 0.481 e. The lowest BCUT2D eigenvalue weighted by molar-refractivity contribution is -0.138. The molecule has 0 aliphatic heterocycles. The van der Waals surface area contributed by atoms with Crippen molar-refractivity contribution in [1.29, 1.82) is 0 Å². The lowest BCUT2D eigenvalue weighted by Gasteiger charge is -1.99. The lowest BCUT2D eigenvalue weighted by atomic mass is 10.1. The van der Waals surface area contributed by atoms with Crippen LogP contribution < -0.4 is 0 Å². The van der Waals surface area contributed by atoms with E-state index in [0.29, 0.717) is 19.3 Å². The molecule has 0 aliphatic rings. The van der Waals surface area contributed by atoms with Crippen LogP contribution >= 0.6 is 0 Å². The van der Waals surface area contributed by atoms with E-state index in [0.717, 1.165) is 38.5 Å². The molecule has 0 saturated heterocycles. The molecule has 0 bridgehead atoms. The molecule has 0 aromatic heterocycles. The van der Waals surface area contributed by atoms with Crippen molar-refractivity contribution in [1.82, 2.24) is 0 Å². The number of carbonyl (C=O) groups is 3. The Kier molecular flexibility index (Phi) is 71.6. The third-order valence-corrected chi connectivity index (χ3v) is 11.5. The fraction of sp³-hybridized carbons (Fsp3) is 0.845. The first-order chi connectivity index (χ1) is 31.2. The smallest absolute Gasteiger partial charge is 0.303 e. The minimum atomic E-state index is -0.664. The molecule has 0 radical (unpaired) electrons. The number of rotatable bonds is 46. The van der Waals surface area contributed by atoms with Gasteiger partial charge in [0.25, 0.3) is 0 Å². The predicted molar refractivity (Wildman–Crippen MR) is 282 cm³/mol. The van der Waals surface area contributed by atoms with E-state index < -0.39 is 17.9 Å². The molecule has 0 rings (SSSR count). The molecule has 6 heteroatoms. The zero-order chi connectivity index (χ0) is 48.1. The van der Waals surface area contributed by atoms with Crippen LogP contribution in [0.4, 0.5) is 0 Å². The Morgan fingerprint density at radius 1 is 0.234 bits per heavy atom. The Hall–Kier alpha value is -2.37. The Labute approximate surface area is 399 Å². The molecular weight excluding hydrogens is 793 g/mol. The van der Waals surface area contributed by atoms with Crippen LogP contribution in [-0.4, -0.2) is 33.2 Å². The van der Waals surface area contributed by atoms with Crippen LogP contribution in [0.3, 0.4) is 0 Å². The minimum Gasteiger partial charge on any atom is -0.481 e. The van der Waals surface area contributed by atoms with E-state index in [1.54, 1.807) is 0 Å². The topological polar surface area (TPSA) is 112 Å². The van der Waals surface area contributed by atoms with Crippen molar-refractivity contribution in [3.63, 3.8) is 0 Å². The van der Waals surface area contributed by atoms with Gasteiger partial charge in [0.15, 0.2) is 0 Å². The Morgan fingerprint density at radius 2 is 0.391 bits per heavy atom. The monoisotopic (exact) mass is 905 g/mol. The molecule has 0 spiro atoms. The second-order valence-electron chi connectivity index (χ2n) is 18.2. The van der Waals surface area contributed by atoms with Crippen molar-refractivity contribution in [3.8, 4) is 0 Å². The van der Waals surface area contributed by atoms with Crippen molar-refractivity contribution in [3.05, 3.63) is 36.5 Å². The minimum absolute atomic E-state index is 0.332. The SMILES string of the molecule is CCCC.CCCCCCCC/C=C\CCCCCCCC(=O)O.CCCCCCCC/C=C\CCCCCCCC(=O)O.CCCCCCCC/C=C\CCCCCCCC(=O)O. The third-order valence-electron chi connectivity index (χ3n) is 11.5. The van der Waals surface area contributed by atoms with Crippen molar-refractivity contribution in [2.45, 2.75) is 317 Å². The summed E-state index contributed by atoms with van der Waals surface area (Å²) in [4.78, 5) is 31.0. The van der Waals surface area contributed by atoms with Crippen LogP contribution in [0.5, 0.6) is 0 Å². The average molecular weight is 906 g/mol. The summed E-state index contributed by atoms with van der Waals surface area (Å²) in [5.41, 5.74) is 0. The maximum absolute atomic E-state index is 10.3. The number of hydrogen-bond acceptors (Lipinski definition) is 3. The molecule has 64 heavy (non-hydrogen) atoms. The molecule has 6 nitrogen and oxygen atoms in total. The van der Waals surface area contributed by atoms with E-state index in [1.165, 1.54) is 225 Å². The molecule has 0 aromatic carbocycles. The van der Waals surface area contributed by atoms with E-state index in [2.05, 4.69) is 71.1 Å². The van der Waals surface area contributed by atoms with Crippen molar-refractivity contribution in [2.75, 3.05) is 0 Å². The summed E-state index contributed by atoms with van der Waals surface area (Å²) in [6.07, 6.45) is 66.4. The number of unbranched alkanes of at least 4 members (excludes halogenated alkanes) is 34. The van der Waals surface area contributed by atoms with Gasteiger partial charge in [0.1, 0.15) is 0 Å². The van der Waals surface area contributed by atoms with Gasteiger partial charge in [-0.25, -0.2) is 0 Å². The van der Waals surface area contributed by atoms with Gasteiger partial charge in [-0.05, 0) is 96.3 Å². The van der Waals surface area contributed by atoms with Crippen LogP contribution in [0.15, 0.2) is 36.5 Å². The summed E-state index contributed by atoms with van der Waals surface area (Å²) in [6, 6.07) is 0. The Bertz CT molecular complexity index is 849. The molecule has 0 heterocycles. The van der Waals surface area contributed by atoms with Crippen molar-refractivity contribution < 1.29 is 29.7 Å². The van der Waals surface area contributed by atoms with Gasteiger partial charge in [0, 0.05) is 19.3 Å². The highest BCUT2D eigenvalue weighted by Gasteiger charge is 1.98. The van der Waals surface area contributed by atoms with Gasteiger partial charge >= 0.3 is 17.9 Å². The molecule has 0 amide bonds. The molecule has 0 saturated carbocycles. The summed E-state index contributed by atoms with van der Waals surface area (Å²) in [5.74, 6) is -1.99. The van der Waals surface area contributed by atoms with Gasteiger partial charge in [-0.3, -0.25) is 14.4 Å². The Balaban J connectivity index is -0.000000404. The van der Waals surface area contributed by atoms with Crippen LogP contribution in [0.1, 0.15) is 317 Å². The Morgan fingerprint density at radius 3 is 0.547 bits per heavy atom. The average Bonchev–Trinajstić information content (AvgIpc) is 3.28. The maximum atomic E-state index is 10.3. The summed E-state index contributed by atoms with van der Waals surface area (Å²) in [6.45, 7) is 11.1. The number of carboxylic acids is 3. The van der Waals surface area contributed by atoms with E-state index in [4.69, 9.17) is 15.3 Å². The summed E-state index contributed by atoms with van der Waals surface area (Å²) in [7, 11) is 0. The zero-order valence-corrected chi connectivity index (χ0v) is 43.6. The lowest BCUT2D eigenvalue weighted by Crippen LogP contribution is -1.93. The van der Waals surface area contributed by atoms with Gasteiger partial charge in [-0.2, -0.15) is 0 Å². The first-order valence-corrected chi connectivity index (χ1v) is 27.8. The van der Waals surface area contributed by atoms with Gasteiger partial charge < -0.3 is 15.3 Å². The first kappa shape index (κ1) is 68.2. The number of carboxylic acid groups (broad SMARTS) is 3. The maximum Gasteiger partial charge on any atom is 0.303 e. The van der Waals surface area contributed by atoms with Gasteiger partial charge in [-0.15, -0.1) is 0 Å².